The number of carbonyl (C=O) groups is 3. The van der Waals surface area contributed by atoms with E-state index in [1.54, 1.807) is 0 Å². The molecule has 0 saturated heterocycles. The quantitative estimate of drug-likeness (QED) is 0.493. The van der Waals surface area contributed by atoms with Crippen molar-refractivity contribution in [1.29, 1.82) is 0 Å². The van der Waals surface area contributed by atoms with Crippen LogP contribution in [-0.4, -0.2) is 17.8 Å². The summed E-state index contributed by atoms with van der Waals surface area (Å²) >= 11 is 1.04. The van der Waals surface area contributed by atoms with E-state index in [9.17, 15) is 14.4 Å². The van der Waals surface area contributed by atoms with E-state index in [1.807, 2.05) is 10.9 Å². The average molecular weight is 228 g/mol. The highest BCUT2D eigenvalue weighted by molar-refractivity contribution is 7.12. The van der Waals surface area contributed by atoms with Crippen LogP contribution < -0.4 is 22.3 Å². The molecule has 0 aliphatic heterocycles. The van der Waals surface area contributed by atoms with E-state index in [-0.39, 0.29) is 10.4 Å². The summed E-state index contributed by atoms with van der Waals surface area (Å²) in [4.78, 5) is 32.5. The van der Waals surface area contributed by atoms with E-state index in [4.69, 9.17) is 11.5 Å². The summed E-state index contributed by atoms with van der Waals surface area (Å²) in [5.74, 6) is -1.18. The molecule has 6 N–H and O–H groups in total. The Bertz CT molecular complexity index is 414. The SMILES string of the molecule is NC(=O)NNC(=O)c1csc(C(N)=O)c1. The van der Waals surface area contributed by atoms with Gasteiger partial charge < -0.3 is 11.5 Å². The normalized spacial score (nSPS) is 9.33. The second-order valence-corrected chi connectivity index (χ2v) is 3.42. The first-order valence-electron chi connectivity index (χ1n) is 3.75. The molecule has 1 heterocycles. The fourth-order valence-electron chi connectivity index (χ4n) is 0.775. The first-order valence-corrected chi connectivity index (χ1v) is 4.63. The van der Waals surface area contributed by atoms with E-state index in [0.29, 0.717) is 0 Å². The largest absolute Gasteiger partial charge is 0.365 e. The second kappa shape index (κ2) is 4.42. The van der Waals surface area contributed by atoms with Crippen molar-refractivity contribution in [2.24, 2.45) is 11.5 Å². The summed E-state index contributed by atoms with van der Waals surface area (Å²) in [6.45, 7) is 0. The Hall–Kier alpha value is -2.09. The minimum atomic E-state index is -0.881. The number of nitrogens with one attached hydrogen (secondary N) is 2. The van der Waals surface area contributed by atoms with Crippen LogP contribution in [0.5, 0.6) is 0 Å². The Morgan fingerprint density at radius 3 is 2.33 bits per heavy atom. The van der Waals surface area contributed by atoms with Crippen molar-refractivity contribution in [2.75, 3.05) is 0 Å². The Morgan fingerprint density at radius 1 is 1.20 bits per heavy atom. The molecule has 0 atom stereocenters. The molecule has 8 heteroatoms. The van der Waals surface area contributed by atoms with Gasteiger partial charge in [0, 0.05) is 5.38 Å². The van der Waals surface area contributed by atoms with E-state index in [1.165, 1.54) is 11.4 Å². The van der Waals surface area contributed by atoms with Gasteiger partial charge in [-0.1, -0.05) is 0 Å². The maximum absolute atomic E-state index is 11.3. The number of primary amides is 2. The van der Waals surface area contributed by atoms with Crippen molar-refractivity contribution in [2.45, 2.75) is 0 Å². The number of hydrogen-bond donors (Lipinski definition) is 4. The van der Waals surface area contributed by atoms with Gasteiger partial charge in [-0.2, -0.15) is 0 Å². The molecule has 0 saturated carbocycles. The van der Waals surface area contributed by atoms with E-state index < -0.39 is 17.8 Å². The standard InChI is InChI=1S/C7H8N4O3S/c8-5(12)4-1-3(2-15-4)6(13)10-11-7(9)14/h1-2H,(H2,8,12)(H,10,13)(H3,9,11,14). The summed E-state index contributed by atoms with van der Waals surface area (Å²) in [7, 11) is 0. The molecule has 0 bridgehead atoms. The van der Waals surface area contributed by atoms with Crippen molar-refractivity contribution < 1.29 is 14.4 Å². The van der Waals surface area contributed by atoms with Crippen molar-refractivity contribution in [3.63, 3.8) is 0 Å². The molecule has 0 unspecified atom stereocenters. The smallest absolute Gasteiger partial charge is 0.330 e. The Balaban J connectivity index is 2.66. The number of nitrogens with two attached hydrogens (primary N) is 2. The van der Waals surface area contributed by atoms with Gasteiger partial charge >= 0.3 is 6.03 Å². The number of hydrogen-bond acceptors (Lipinski definition) is 4. The van der Waals surface area contributed by atoms with Crippen LogP contribution in [0.3, 0.4) is 0 Å². The third-order valence-electron chi connectivity index (χ3n) is 1.40. The zero-order valence-electron chi connectivity index (χ0n) is 7.44. The third kappa shape index (κ3) is 2.95. The summed E-state index contributed by atoms with van der Waals surface area (Å²) < 4.78 is 0. The van der Waals surface area contributed by atoms with Crippen LogP contribution in [-0.2, 0) is 0 Å². The maximum atomic E-state index is 11.3. The first kappa shape index (κ1) is 11.0. The fourth-order valence-corrected chi connectivity index (χ4v) is 1.52. The monoisotopic (exact) mass is 228 g/mol. The lowest BCUT2D eigenvalue weighted by atomic mass is 10.3. The molecule has 0 radical (unpaired) electrons. The Kier molecular flexibility index (Phi) is 3.24. The lowest BCUT2D eigenvalue weighted by Crippen LogP contribution is -2.44. The summed E-state index contributed by atoms with van der Waals surface area (Å²) in [6, 6.07) is 0.444. The maximum Gasteiger partial charge on any atom is 0.330 e. The second-order valence-electron chi connectivity index (χ2n) is 2.51. The van der Waals surface area contributed by atoms with Gasteiger partial charge in [0.15, 0.2) is 0 Å². The zero-order valence-corrected chi connectivity index (χ0v) is 8.26. The van der Waals surface area contributed by atoms with Gasteiger partial charge in [-0.05, 0) is 6.07 Å². The molecule has 80 valence electrons. The van der Waals surface area contributed by atoms with E-state index >= 15 is 0 Å². The Morgan fingerprint density at radius 2 is 1.87 bits per heavy atom. The van der Waals surface area contributed by atoms with Gasteiger partial charge in [0.1, 0.15) is 0 Å². The van der Waals surface area contributed by atoms with Crippen molar-refractivity contribution in [1.82, 2.24) is 10.9 Å². The van der Waals surface area contributed by atoms with Crippen molar-refractivity contribution in [3.8, 4) is 0 Å². The van der Waals surface area contributed by atoms with Crippen molar-refractivity contribution in [3.05, 3.63) is 21.9 Å². The molecule has 7 nitrogen and oxygen atoms in total. The molecule has 4 amide bonds. The highest BCUT2D eigenvalue weighted by atomic mass is 32.1. The van der Waals surface area contributed by atoms with Crippen LogP contribution in [0.2, 0.25) is 0 Å². The molecular weight excluding hydrogens is 220 g/mol. The molecule has 1 aromatic rings. The molecule has 0 spiro atoms. The van der Waals surface area contributed by atoms with Gasteiger partial charge in [0.2, 0.25) is 0 Å². The fraction of sp³-hybridized carbons (Fsp3) is 0. The van der Waals surface area contributed by atoms with Crippen LogP contribution in [0.4, 0.5) is 4.79 Å². The minimum absolute atomic E-state index is 0.225. The predicted octanol–water partition coefficient (Wildman–Crippen LogP) is -0.840. The number of carbonyl (C=O) groups excluding carboxylic acids is 3. The molecule has 1 rings (SSSR count). The molecular formula is C7H8N4O3S. The highest BCUT2D eigenvalue weighted by Crippen LogP contribution is 2.13. The lowest BCUT2D eigenvalue weighted by Gasteiger charge is -2.01. The topological polar surface area (TPSA) is 127 Å². The van der Waals surface area contributed by atoms with Crippen LogP contribution in [0.1, 0.15) is 20.0 Å². The number of urea groups is 1. The van der Waals surface area contributed by atoms with Gasteiger partial charge in [-0.15, -0.1) is 11.3 Å². The summed E-state index contributed by atoms with van der Waals surface area (Å²) in [5, 5.41) is 1.44. The number of amides is 4. The highest BCUT2D eigenvalue weighted by Gasteiger charge is 2.11. The third-order valence-corrected chi connectivity index (χ3v) is 2.35. The van der Waals surface area contributed by atoms with Crippen LogP contribution in [0.15, 0.2) is 11.4 Å². The van der Waals surface area contributed by atoms with Crippen LogP contribution in [0.25, 0.3) is 0 Å². The van der Waals surface area contributed by atoms with E-state index in [0.717, 1.165) is 11.3 Å². The average Bonchev–Trinajstić information content (AvgIpc) is 2.62. The zero-order chi connectivity index (χ0) is 11.4. The first-order chi connectivity index (χ1) is 7.00. The van der Waals surface area contributed by atoms with Gasteiger partial charge in [0.05, 0.1) is 10.4 Å². The molecule has 0 aliphatic rings. The molecule has 0 aliphatic carbocycles. The van der Waals surface area contributed by atoms with E-state index in [2.05, 4.69) is 0 Å². The van der Waals surface area contributed by atoms with Crippen LogP contribution >= 0.6 is 11.3 Å². The molecule has 0 fully saturated rings. The number of hydrazine groups is 1. The Labute approximate surface area is 88.4 Å². The number of thiophene rings is 1. The molecule has 1 aromatic heterocycles. The predicted molar refractivity (Wildman–Crippen MR) is 53.0 cm³/mol. The molecule has 15 heavy (non-hydrogen) atoms. The van der Waals surface area contributed by atoms with Gasteiger partial charge in [0.25, 0.3) is 11.8 Å². The van der Waals surface area contributed by atoms with Gasteiger partial charge in [-0.25, -0.2) is 10.2 Å². The number of rotatable bonds is 2. The minimum Gasteiger partial charge on any atom is -0.365 e. The summed E-state index contributed by atoms with van der Waals surface area (Å²) in [6.07, 6.45) is 0. The van der Waals surface area contributed by atoms with Crippen molar-refractivity contribution >= 4 is 29.2 Å². The van der Waals surface area contributed by atoms with Crippen LogP contribution in [0, 0.1) is 0 Å². The summed E-state index contributed by atoms with van der Waals surface area (Å²) in [5.41, 5.74) is 13.9. The lowest BCUT2D eigenvalue weighted by molar-refractivity contribution is 0.0938. The van der Waals surface area contributed by atoms with Gasteiger partial charge in [-0.3, -0.25) is 15.0 Å². The molecule has 0 aromatic carbocycles.